The van der Waals surface area contributed by atoms with Gasteiger partial charge >= 0.3 is 6.09 Å². The number of ether oxygens (including phenoxy) is 3. The highest BCUT2D eigenvalue weighted by atomic mass is 28.3. The van der Waals surface area contributed by atoms with Crippen molar-refractivity contribution in [1.82, 2.24) is 34.7 Å². The molecule has 46 heavy (non-hydrogen) atoms. The fourth-order valence-corrected chi connectivity index (χ4v) is 7.05. The maximum absolute atomic E-state index is 13.0. The summed E-state index contributed by atoms with van der Waals surface area (Å²) in [5.74, 6) is 0.786. The third-order valence-corrected chi connectivity index (χ3v) is 10.4. The summed E-state index contributed by atoms with van der Waals surface area (Å²) in [6.07, 6.45) is 6.85. The molecule has 1 amide bonds. The van der Waals surface area contributed by atoms with Crippen LogP contribution < -0.4 is 4.90 Å². The van der Waals surface area contributed by atoms with Gasteiger partial charge in [-0.25, -0.2) is 14.2 Å². The number of rotatable bonds is 9. The topological polar surface area (TPSA) is 113 Å². The maximum atomic E-state index is 13.0. The molecule has 4 aromatic rings. The van der Waals surface area contributed by atoms with Gasteiger partial charge in [0, 0.05) is 51.1 Å². The molecule has 2 fully saturated rings. The zero-order valence-electron chi connectivity index (χ0n) is 28.0. The summed E-state index contributed by atoms with van der Waals surface area (Å²) in [7, 11) is 0.853. The van der Waals surface area contributed by atoms with Crippen LogP contribution in [0.5, 0.6) is 0 Å². The average molecular weight is 647 g/mol. The molecule has 2 bridgehead atoms. The summed E-state index contributed by atoms with van der Waals surface area (Å²) in [4.78, 5) is 17.1. The second-order valence-corrected chi connectivity index (χ2v) is 20.2. The van der Waals surface area contributed by atoms with Gasteiger partial charge in [-0.2, -0.15) is 10.2 Å². The number of hydrogen-bond donors (Lipinski definition) is 0. The Hall–Kier alpha value is -3.81. The van der Waals surface area contributed by atoms with Crippen molar-refractivity contribution in [2.45, 2.75) is 89.8 Å². The molecule has 3 aromatic heterocycles. The third-order valence-electron chi connectivity index (χ3n) is 8.68. The van der Waals surface area contributed by atoms with Crippen molar-refractivity contribution in [3.8, 4) is 16.9 Å². The molecule has 0 saturated carbocycles. The molecule has 0 aliphatic carbocycles. The second kappa shape index (κ2) is 12.8. The minimum absolute atomic E-state index is 0.0420. The van der Waals surface area contributed by atoms with Crippen LogP contribution in [0, 0.1) is 0 Å². The summed E-state index contributed by atoms with van der Waals surface area (Å²) < 4.78 is 21.4. The Morgan fingerprint density at radius 1 is 1.07 bits per heavy atom. The third kappa shape index (κ3) is 6.96. The standard InChI is InChI=1S/C33H46N8O4Si/c1-33(2,3)45-32(42)41-24-17-23(18-25(41)21-44-20-24)38(4)30-12-10-28(36-37-30)26-9-11-29(39-14-8-13-34-39)31-27(26)19-35-40(31)22-43-15-16-46(5,6)7/h8-14,19,23-25H,15-18,20-22H2,1-7H3/t23?,24-,25+. The van der Waals surface area contributed by atoms with Crippen LogP contribution in [-0.4, -0.2) is 99.4 Å². The number of carbonyl (C=O) groups is 1. The lowest BCUT2D eigenvalue weighted by atomic mass is 9.89. The molecule has 0 radical (unpaired) electrons. The Morgan fingerprint density at radius 2 is 1.83 bits per heavy atom. The number of carbonyl (C=O) groups excluding carboxylic acids is 1. The molecule has 0 spiro atoms. The van der Waals surface area contributed by atoms with Crippen LogP contribution in [0.2, 0.25) is 25.7 Å². The predicted molar refractivity (Wildman–Crippen MR) is 180 cm³/mol. The maximum Gasteiger partial charge on any atom is 0.410 e. The zero-order chi connectivity index (χ0) is 32.6. The lowest BCUT2D eigenvalue weighted by Gasteiger charge is -2.50. The van der Waals surface area contributed by atoms with Gasteiger partial charge in [-0.1, -0.05) is 19.6 Å². The molecular weight excluding hydrogens is 601 g/mol. The van der Waals surface area contributed by atoms with Crippen LogP contribution in [0.25, 0.3) is 27.8 Å². The molecule has 246 valence electrons. The van der Waals surface area contributed by atoms with Crippen molar-refractivity contribution in [2.24, 2.45) is 0 Å². The lowest BCUT2D eigenvalue weighted by molar-refractivity contribution is -0.0820. The van der Waals surface area contributed by atoms with Gasteiger partial charge in [0.15, 0.2) is 5.82 Å². The molecular formula is C33H46N8O4Si. The van der Waals surface area contributed by atoms with Crippen molar-refractivity contribution < 1.29 is 19.0 Å². The Kier molecular flexibility index (Phi) is 8.92. The first-order valence-corrected chi connectivity index (χ1v) is 19.8. The fourth-order valence-electron chi connectivity index (χ4n) is 6.29. The predicted octanol–water partition coefficient (Wildman–Crippen LogP) is 5.59. The quantitative estimate of drug-likeness (QED) is 0.170. The number of fused-ring (bicyclic) bond motifs is 3. The van der Waals surface area contributed by atoms with E-state index in [1.165, 1.54) is 0 Å². The van der Waals surface area contributed by atoms with E-state index in [-0.39, 0.29) is 24.2 Å². The number of aromatic nitrogens is 6. The Bertz CT molecular complexity index is 1630. The van der Waals surface area contributed by atoms with Gasteiger partial charge in [-0.05, 0) is 70.0 Å². The fraction of sp³-hybridized carbons (Fsp3) is 0.545. The van der Waals surface area contributed by atoms with Crippen LogP contribution in [0.15, 0.2) is 48.9 Å². The van der Waals surface area contributed by atoms with Crippen LogP contribution >= 0.6 is 0 Å². The number of nitrogens with zero attached hydrogens (tertiary/aromatic N) is 8. The monoisotopic (exact) mass is 646 g/mol. The van der Waals surface area contributed by atoms with E-state index in [0.717, 1.165) is 52.6 Å². The average Bonchev–Trinajstić information content (AvgIpc) is 3.68. The SMILES string of the molecule is CN(c1ccc(-c2ccc(-n3cccn3)c3c2cnn3COCC[Si](C)(C)C)nn1)C1C[C@H]2COC[C@@H](C1)N2C(=O)OC(C)(C)C. The minimum atomic E-state index is -1.20. The van der Waals surface area contributed by atoms with Crippen LogP contribution in [-0.2, 0) is 20.9 Å². The van der Waals surface area contributed by atoms with Crippen molar-refractivity contribution in [3.05, 3.63) is 48.9 Å². The van der Waals surface area contributed by atoms with Crippen LogP contribution in [0.1, 0.15) is 33.6 Å². The molecule has 1 aromatic carbocycles. The minimum Gasteiger partial charge on any atom is -0.444 e. The number of benzene rings is 1. The number of anilines is 1. The molecule has 2 saturated heterocycles. The van der Waals surface area contributed by atoms with Gasteiger partial charge < -0.3 is 19.1 Å². The van der Waals surface area contributed by atoms with Crippen molar-refractivity contribution >= 4 is 30.9 Å². The Labute approximate surface area is 271 Å². The highest BCUT2D eigenvalue weighted by Crippen LogP contribution is 2.35. The smallest absolute Gasteiger partial charge is 0.410 e. The van der Waals surface area contributed by atoms with E-state index in [4.69, 9.17) is 19.3 Å². The first kappa shape index (κ1) is 32.1. The van der Waals surface area contributed by atoms with Crippen LogP contribution in [0.3, 0.4) is 0 Å². The molecule has 13 heteroatoms. The van der Waals surface area contributed by atoms with Gasteiger partial charge in [0.2, 0.25) is 0 Å². The summed E-state index contributed by atoms with van der Waals surface area (Å²) in [5.41, 5.74) is 3.02. The van der Waals surface area contributed by atoms with E-state index >= 15 is 0 Å². The number of piperidine rings is 1. The molecule has 3 atom stereocenters. The first-order chi connectivity index (χ1) is 21.9. The van der Waals surface area contributed by atoms with Crippen molar-refractivity contribution in [2.75, 3.05) is 31.8 Å². The van der Waals surface area contributed by atoms with E-state index in [2.05, 4.69) is 53.0 Å². The molecule has 2 aliphatic rings. The van der Waals surface area contributed by atoms with E-state index < -0.39 is 13.7 Å². The van der Waals surface area contributed by atoms with Gasteiger partial charge in [0.1, 0.15) is 12.3 Å². The highest BCUT2D eigenvalue weighted by molar-refractivity contribution is 6.76. The van der Waals surface area contributed by atoms with Crippen molar-refractivity contribution in [3.63, 3.8) is 0 Å². The van der Waals surface area contributed by atoms with E-state index in [1.807, 2.05) is 71.7 Å². The number of morpholine rings is 1. The van der Waals surface area contributed by atoms with Crippen molar-refractivity contribution in [1.29, 1.82) is 0 Å². The molecule has 12 nitrogen and oxygen atoms in total. The molecule has 5 heterocycles. The summed E-state index contributed by atoms with van der Waals surface area (Å²) in [6, 6.07) is 11.3. The summed E-state index contributed by atoms with van der Waals surface area (Å²) >= 11 is 0. The number of amides is 1. The second-order valence-electron chi connectivity index (χ2n) is 14.6. The molecule has 6 rings (SSSR count). The first-order valence-electron chi connectivity index (χ1n) is 16.1. The largest absolute Gasteiger partial charge is 0.444 e. The normalized spacial score (nSPS) is 20.2. The lowest BCUT2D eigenvalue weighted by Crippen LogP contribution is -2.62. The van der Waals surface area contributed by atoms with Gasteiger partial charge in [0.05, 0.1) is 48.4 Å². The van der Waals surface area contributed by atoms with Crippen LogP contribution in [0.4, 0.5) is 10.6 Å². The van der Waals surface area contributed by atoms with E-state index in [1.54, 1.807) is 6.20 Å². The Morgan fingerprint density at radius 3 is 2.46 bits per heavy atom. The van der Waals surface area contributed by atoms with Gasteiger partial charge in [-0.3, -0.25) is 4.90 Å². The van der Waals surface area contributed by atoms with E-state index in [9.17, 15) is 4.79 Å². The molecule has 2 aliphatic heterocycles. The molecule has 1 unspecified atom stereocenters. The molecule has 0 N–H and O–H groups in total. The number of hydrogen-bond acceptors (Lipinski definition) is 9. The summed E-state index contributed by atoms with van der Waals surface area (Å²) in [5, 5.41) is 19.5. The van der Waals surface area contributed by atoms with Gasteiger partial charge in [0.25, 0.3) is 0 Å². The summed E-state index contributed by atoms with van der Waals surface area (Å²) in [6.45, 7) is 14.8. The van der Waals surface area contributed by atoms with E-state index in [0.29, 0.717) is 26.6 Å². The van der Waals surface area contributed by atoms with Gasteiger partial charge in [-0.15, -0.1) is 10.2 Å². The Balaban J connectivity index is 1.21. The highest BCUT2D eigenvalue weighted by Gasteiger charge is 2.44. The zero-order valence-corrected chi connectivity index (χ0v) is 29.0.